The van der Waals surface area contributed by atoms with E-state index >= 15 is 0 Å². The molecule has 0 amide bonds. The lowest BCUT2D eigenvalue weighted by molar-refractivity contribution is 0.465. The van der Waals surface area contributed by atoms with Gasteiger partial charge in [0.1, 0.15) is 11.3 Å². The minimum absolute atomic E-state index is 0.0653. The second-order valence-corrected chi connectivity index (χ2v) is 6.62. The molecule has 0 bridgehead atoms. The monoisotopic (exact) mass is 356 g/mol. The van der Waals surface area contributed by atoms with Crippen LogP contribution in [0.4, 0.5) is 5.69 Å². The van der Waals surface area contributed by atoms with Crippen LogP contribution in [0.3, 0.4) is 0 Å². The standard InChI is InChI=1S/C19H17ClN2O3/c20-16-8-14-12-5-1-2-6-13(12)19(24)25-18(14)15(17(16)23)10-22-11-4-3-7-21-9-11/h3-4,7-9,22-23H,1-2,5-6,10H2. The van der Waals surface area contributed by atoms with Crippen LogP contribution in [-0.4, -0.2) is 10.1 Å². The number of halogens is 1. The molecule has 0 spiro atoms. The second kappa shape index (κ2) is 6.41. The number of pyridine rings is 1. The summed E-state index contributed by atoms with van der Waals surface area (Å²) >= 11 is 6.25. The van der Waals surface area contributed by atoms with E-state index in [4.69, 9.17) is 16.0 Å². The van der Waals surface area contributed by atoms with Crippen molar-refractivity contribution < 1.29 is 9.52 Å². The van der Waals surface area contributed by atoms with Crippen LogP contribution in [0, 0.1) is 0 Å². The molecule has 0 fully saturated rings. The van der Waals surface area contributed by atoms with Crippen LogP contribution < -0.4 is 10.9 Å². The number of phenolic OH excluding ortho intramolecular Hbond substituents is 1. The van der Waals surface area contributed by atoms with Gasteiger partial charge in [0.2, 0.25) is 0 Å². The molecule has 0 aliphatic heterocycles. The number of hydrogen-bond acceptors (Lipinski definition) is 5. The van der Waals surface area contributed by atoms with Crippen molar-refractivity contribution in [1.29, 1.82) is 0 Å². The van der Waals surface area contributed by atoms with Gasteiger partial charge in [0.15, 0.2) is 0 Å². The lowest BCUT2D eigenvalue weighted by Gasteiger charge is -2.18. The second-order valence-electron chi connectivity index (χ2n) is 6.21. The van der Waals surface area contributed by atoms with E-state index in [9.17, 15) is 9.90 Å². The van der Waals surface area contributed by atoms with Crippen molar-refractivity contribution in [3.05, 3.63) is 62.7 Å². The number of nitrogens with one attached hydrogen (secondary N) is 1. The van der Waals surface area contributed by atoms with E-state index in [1.165, 1.54) is 0 Å². The predicted molar refractivity (Wildman–Crippen MR) is 97.4 cm³/mol. The SMILES string of the molecule is O=c1oc2c(CNc3cccnc3)c(O)c(Cl)cc2c2c1CCCC2. The number of anilines is 1. The number of aromatic nitrogens is 1. The molecule has 4 rings (SSSR count). The third-order valence-corrected chi connectivity index (χ3v) is 4.95. The van der Waals surface area contributed by atoms with Gasteiger partial charge in [-0.2, -0.15) is 0 Å². The quantitative estimate of drug-likeness (QED) is 0.693. The van der Waals surface area contributed by atoms with E-state index in [-0.39, 0.29) is 22.9 Å². The first-order valence-corrected chi connectivity index (χ1v) is 8.65. The number of nitrogens with zero attached hydrogens (tertiary/aromatic N) is 1. The highest BCUT2D eigenvalue weighted by atomic mass is 35.5. The van der Waals surface area contributed by atoms with Crippen LogP contribution in [-0.2, 0) is 19.4 Å². The molecule has 0 saturated heterocycles. The van der Waals surface area contributed by atoms with Gasteiger partial charge in [-0.1, -0.05) is 11.6 Å². The molecule has 0 saturated carbocycles. The summed E-state index contributed by atoms with van der Waals surface area (Å²) in [7, 11) is 0. The molecular formula is C19H17ClN2O3. The zero-order valence-electron chi connectivity index (χ0n) is 13.5. The molecule has 1 aliphatic rings. The molecule has 2 aromatic heterocycles. The minimum atomic E-state index is -0.313. The summed E-state index contributed by atoms with van der Waals surface area (Å²) in [4.78, 5) is 16.4. The Kier molecular flexibility index (Phi) is 4.09. The van der Waals surface area contributed by atoms with Crippen LogP contribution in [0.15, 0.2) is 39.8 Å². The Morgan fingerprint density at radius 2 is 2.08 bits per heavy atom. The molecule has 5 nitrogen and oxygen atoms in total. The summed E-state index contributed by atoms with van der Waals surface area (Å²) < 4.78 is 5.59. The van der Waals surface area contributed by atoms with Gasteiger partial charge in [-0.25, -0.2) is 4.79 Å². The Bertz CT molecular complexity index is 999. The maximum absolute atomic E-state index is 12.4. The predicted octanol–water partition coefficient (Wildman–Crippen LogP) is 4.04. The van der Waals surface area contributed by atoms with E-state index < -0.39 is 0 Å². The molecule has 128 valence electrons. The average Bonchev–Trinajstić information content (AvgIpc) is 2.64. The third-order valence-electron chi connectivity index (χ3n) is 4.67. The van der Waals surface area contributed by atoms with E-state index in [1.807, 2.05) is 12.1 Å². The first kappa shape index (κ1) is 16.0. The molecule has 3 aromatic rings. The molecule has 0 radical (unpaired) electrons. The summed E-state index contributed by atoms with van der Waals surface area (Å²) in [6.07, 6.45) is 6.95. The zero-order chi connectivity index (χ0) is 17.4. The summed E-state index contributed by atoms with van der Waals surface area (Å²) in [5.74, 6) is -0.0653. The molecule has 1 aromatic carbocycles. The largest absolute Gasteiger partial charge is 0.506 e. The topological polar surface area (TPSA) is 75.4 Å². The van der Waals surface area contributed by atoms with Crippen LogP contribution in [0.5, 0.6) is 5.75 Å². The number of fused-ring (bicyclic) bond motifs is 3. The van der Waals surface area contributed by atoms with Crippen molar-refractivity contribution in [1.82, 2.24) is 4.98 Å². The molecule has 2 N–H and O–H groups in total. The molecular weight excluding hydrogens is 340 g/mol. The Morgan fingerprint density at radius 1 is 1.28 bits per heavy atom. The van der Waals surface area contributed by atoms with Crippen molar-refractivity contribution in [3.8, 4) is 5.75 Å². The molecule has 0 atom stereocenters. The van der Waals surface area contributed by atoms with Crippen molar-refractivity contribution in [3.63, 3.8) is 0 Å². The number of aryl methyl sites for hydroxylation is 1. The number of rotatable bonds is 3. The lowest BCUT2D eigenvalue weighted by atomic mass is 9.90. The molecule has 25 heavy (non-hydrogen) atoms. The normalized spacial score (nSPS) is 13.6. The average molecular weight is 357 g/mol. The van der Waals surface area contributed by atoms with E-state index in [1.54, 1.807) is 18.5 Å². The van der Waals surface area contributed by atoms with E-state index in [0.717, 1.165) is 47.9 Å². The fraction of sp³-hybridized carbons (Fsp3) is 0.263. The van der Waals surface area contributed by atoms with Gasteiger partial charge < -0.3 is 14.8 Å². The number of benzene rings is 1. The Morgan fingerprint density at radius 3 is 2.84 bits per heavy atom. The lowest BCUT2D eigenvalue weighted by Crippen LogP contribution is -2.16. The first-order valence-electron chi connectivity index (χ1n) is 8.28. The smallest absolute Gasteiger partial charge is 0.339 e. The number of aromatic hydroxyl groups is 1. The van der Waals surface area contributed by atoms with Gasteiger partial charge >= 0.3 is 5.63 Å². The van der Waals surface area contributed by atoms with Crippen LogP contribution in [0.1, 0.15) is 29.5 Å². The Labute approximate surface area is 149 Å². The molecule has 1 aliphatic carbocycles. The van der Waals surface area contributed by atoms with Gasteiger partial charge in [-0.3, -0.25) is 4.98 Å². The van der Waals surface area contributed by atoms with Crippen LogP contribution in [0.25, 0.3) is 11.0 Å². The van der Waals surface area contributed by atoms with Gasteiger partial charge in [-0.05, 0) is 49.4 Å². The fourth-order valence-corrected chi connectivity index (χ4v) is 3.64. The van der Waals surface area contributed by atoms with Crippen molar-refractivity contribution in [2.24, 2.45) is 0 Å². The number of hydrogen-bond donors (Lipinski definition) is 2. The highest BCUT2D eigenvalue weighted by Gasteiger charge is 2.22. The maximum Gasteiger partial charge on any atom is 0.339 e. The highest BCUT2D eigenvalue weighted by Crippen LogP contribution is 2.38. The summed E-state index contributed by atoms with van der Waals surface area (Å²) in [5, 5.41) is 14.7. The van der Waals surface area contributed by atoms with Crippen molar-refractivity contribution in [2.45, 2.75) is 32.2 Å². The highest BCUT2D eigenvalue weighted by molar-refractivity contribution is 6.33. The molecule has 0 unspecified atom stereocenters. The Balaban J connectivity index is 1.86. The van der Waals surface area contributed by atoms with E-state index in [0.29, 0.717) is 11.1 Å². The molecule has 6 heteroatoms. The summed E-state index contributed by atoms with van der Waals surface area (Å²) in [6.45, 7) is 0.274. The summed E-state index contributed by atoms with van der Waals surface area (Å²) in [6, 6.07) is 5.39. The van der Waals surface area contributed by atoms with Gasteiger partial charge in [0, 0.05) is 29.9 Å². The third kappa shape index (κ3) is 2.85. The maximum atomic E-state index is 12.4. The Hall–Kier alpha value is -2.53. The van der Waals surface area contributed by atoms with Crippen LogP contribution in [0.2, 0.25) is 5.02 Å². The zero-order valence-corrected chi connectivity index (χ0v) is 14.3. The minimum Gasteiger partial charge on any atom is -0.506 e. The van der Waals surface area contributed by atoms with Gasteiger partial charge in [0.05, 0.1) is 16.3 Å². The van der Waals surface area contributed by atoms with E-state index in [2.05, 4.69) is 10.3 Å². The van der Waals surface area contributed by atoms with Crippen molar-refractivity contribution >= 4 is 28.3 Å². The van der Waals surface area contributed by atoms with Crippen molar-refractivity contribution in [2.75, 3.05) is 5.32 Å². The summed E-state index contributed by atoms with van der Waals surface area (Å²) in [5.41, 5.74) is 3.12. The number of phenols is 1. The van der Waals surface area contributed by atoms with Gasteiger partial charge in [0.25, 0.3) is 0 Å². The van der Waals surface area contributed by atoms with Crippen LogP contribution >= 0.6 is 11.6 Å². The molecule has 2 heterocycles. The van der Waals surface area contributed by atoms with Gasteiger partial charge in [-0.15, -0.1) is 0 Å². The first-order chi connectivity index (χ1) is 12.1. The fourth-order valence-electron chi connectivity index (χ4n) is 3.42.